The monoisotopic (exact) mass is 290 g/mol. The molecule has 0 bridgehead atoms. The Morgan fingerprint density at radius 3 is 2.95 bits per heavy atom. The van der Waals surface area contributed by atoms with Gasteiger partial charge in [0.15, 0.2) is 5.65 Å². The van der Waals surface area contributed by atoms with E-state index in [1.54, 1.807) is 25.2 Å². The van der Waals surface area contributed by atoms with Crippen LogP contribution < -0.4 is 11.3 Å². The minimum atomic E-state index is -0.239. The van der Waals surface area contributed by atoms with Crippen molar-refractivity contribution in [1.82, 2.24) is 24.8 Å². The van der Waals surface area contributed by atoms with Crippen LogP contribution in [0.1, 0.15) is 5.56 Å². The summed E-state index contributed by atoms with van der Waals surface area (Å²) in [5, 5.41) is 12.8. The van der Waals surface area contributed by atoms with Crippen LogP contribution in [0.4, 0.5) is 5.69 Å². The van der Waals surface area contributed by atoms with E-state index in [1.165, 1.54) is 15.6 Å². The van der Waals surface area contributed by atoms with E-state index in [-0.39, 0.29) is 12.1 Å². The zero-order valence-corrected chi connectivity index (χ0v) is 11.4. The average molecular weight is 291 g/mol. The van der Waals surface area contributed by atoms with Crippen molar-refractivity contribution in [2.75, 3.05) is 5.73 Å². The van der Waals surface area contributed by atoms with Gasteiger partial charge in [0.25, 0.3) is 5.56 Å². The largest absolute Gasteiger partial charge is 0.398 e. The Hall–Kier alpha value is -2.41. The molecular weight excluding hydrogens is 280 g/mol. The van der Waals surface area contributed by atoms with E-state index < -0.39 is 0 Å². The van der Waals surface area contributed by atoms with Gasteiger partial charge in [-0.3, -0.25) is 4.79 Å². The lowest BCUT2D eigenvalue weighted by atomic mass is 10.2. The summed E-state index contributed by atoms with van der Waals surface area (Å²) in [7, 11) is 1.71. The molecule has 0 amide bonds. The summed E-state index contributed by atoms with van der Waals surface area (Å²) >= 11 is 5.86. The molecule has 20 heavy (non-hydrogen) atoms. The van der Waals surface area contributed by atoms with Crippen molar-refractivity contribution < 1.29 is 0 Å². The predicted molar refractivity (Wildman–Crippen MR) is 75.5 cm³/mol. The Labute approximate surface area is 118 Å². The molecule has 0 aliphatic heterocycles. The van der Waals surface area contributed by atoms with Gasteiger partial charge in [0.1, 0.15) is 5.39 Å². The second-order valence-corrected chi connectivity index (χ2v) is 4.82. The molecule has 0 unspecified atom stereocenters. The number of nitrogens with two attached hydrogens (primary N) is 1. The lowest BCUT2D eigenvalue weighted by molar-refractivity contribution is 0.595. The molecule has 0 saturated heterocycles. The first kappa shape index (κ1) is 12.6. The molecular formula is C12H11ClN6O. The van der Waals surface area contributed by atoms with E-state index in [0.717, 1.165) is 5.56 Å². The fourth-order valence-corrected chi connectivity index (χ4v) is 2.06. The lowest BCUT2D eigenvalue weighted by Gasteiger charge is -2.05. The van der Waals surface area contributed by atoms with Crippen LogP contribution in [0.25, 0.3) is 11.0 Å². The van der Waals surface area contributed by atoms with E-state index in [9.17, 15) is 4.79 Å². The molecule has 2 aromatic heterocycles. The number of hydrogen-bond acceptors (Lipinski definition) is 5. The smallest absolute Gasteiger partial charge is 0.281 e. The number of fused-ring (bicyclic) bond motifs is 1. The highest BCUT2D eigenvalue weighted by atomic mass is 35.5. The number of nitrogen functional groups attached to an aromatic ring is 1. The molecule has 7 nitrogen and oxygen atoms in total. The van der Waals surface area contributed by atoms with Gasteiger partial charge in [-0.25, -0.2) is 9.36 Å². The molecule has 8 heteroatoms. The summed E-state index contributed by atoms with van der Waals surface area (Å²) in [5.74, 6) is 0. The average Bonchev–Trinajstić information content (AvgIpc) is 2.80. The zero-order valence-electron chi connectivity index (χ0n) is 10.6. The van der Waals surface area contributed by atoms with Crippen LogP contribution in [0.3, 0.4) is 0 Å². The molecule has 0 aliphatic rings. The van der Waals surface area contributed by atoms with Gasteiger partial charge in [-0.05, 0) is 17.7 Å². The van der Waals surface area contributed by atoms with Crippen molar-refractivity contribution in [3.63, 3.8) is 0 Å². The maximum absolute atomic E-state index is 12.2. The summed E-state index contributed by atoms with van der Waals surface area (Å²) in [4.78, 5) is 12.2. The zero-order chi connectivity index (χ0) is 14.3. The highest BCUT2D eigenvalue weighted by molar-refractivity contribution is 6.33. The summed E-state index contributed by atoms with van der Waals surface area (Å²) in [6.45, 7) is 0.276. The van der Waals surface area contributed by atoms with Gasteiger partial charge in [0.2, 0.25) is 0 Å². The van der Waals surface area contributed by atoms with E-state index in [1.807, 2.05) is 0 Å². The van der Waals surface area contributed by atoms with Gasteiger partial charge >= 0.3 is 0 Å². The van der Waals surface area contributed by atoms with Gasteiger partial charge in [-0.1, -0.05) is 22.9 Å². The highest BCUT2D eigenvalue weighted by Gasteiger charge is 2.10. The molecule has 0 fully saturated rings. The number of aromatic nitrogens is 5. The molecule has 2 N–H and O–H groups in total. The Morgan fingerprint density at radius 1 is 1.40 bits per heavy atom. The third-order valence-corrected chi connectivity index (χ3v) is 3.36. The molecule has 3 rings (SSSR count). The number of aryl methyl sites for hydroxylation is 1. The minimum absolute atomic E-state index is 0.239. The summed E-state index contributed by atoms with van der Waals surface area (Å²) in [5.41, 5.74) is 7.25. The van der Waals surface area contributed by atoms with Gasteiger partial charge in [0.05, 0.1) is 23.5 Å². The molecule has 0 atom stereocenters. The van der Waals surface area contributed by atoms with Crippen molar-refractivity contribution in [1.29, 1.82) is 0 Å². The van der Waals surface area contributed by atoms with Crippen LogP contribution in [-0.2, 0) is 13.6 Å². The van der Waals surface area contributed by atoms with Gasteiger partial charge in [-0.15, -0.1) is 5.10 Å². The summed E-state index contributed by atoms with van der Waals surface area (Å²) in [6, 6.07) is 5.19. The molecule has 0 saturated carbocycles. The molecule has 2 heterocycles. The van der Waals surface area contributed by atoms with E-state index in [2.05, 4.69) is 15.4 Å². The third-order valence-electron chi connectivity index (χ3n) is 3.01. The number of benzene rings is 1. The van der Waals surface area contributed by atoms with Gasteiger partial charge in [-0.2, -0.15) is 5.10 Å². The van der Waals surface area contributed by atoms with Crippen LogP contribution in [0.5, 0.6) is 0 Å². The Morgan fingerprint density at radius 2 is 2.20 bits per heavy atom. The van der Waals surface area contributed by atoms with Crippen molar-refractivity contribution in [3.05, 3.63) is 45.3 Å². The Kier molecular flexibility index (Phi) is 2.90. The first-order valence-corrected chi connectivity index (χ1v) is 6.23. The predicted octanol–water partition coefficient (Wildman–Crippen LogP) is 0.809. The van der Waals surface area contributed by atoms with Crippen LogP contribution in [0, 0.1) is 0 Å². The van der Waals surface area contributed by atoms with Gasteiger partial charge in [0, 0.05) is 7.05 Å². The summed E-state index contributed by atoms with van der Waals surface area (Å²) < 4.78 is 2.78. The van der Waals surface area contributed by atoms with Gasteiger partial charge < -0.3 is 5.73 Å². The molecule has 102 valence electrons. The quantitative estimate of drug-likeness (QED) is 0.705. The van der Waals surface area contributed by atoms with E-state index in [4.69, 9.17) is 17.3 Å². The first-order chi connectivity index (χ1) is 9.56. The first-order valence-electron chi connectivity index (χ1n) is 5.85. The fourth-order valence-electron chi connectivity index (χ4n) is 1.94. The highest BCUT2D eigenvalue weighted by Crippen LogP contribution is 2.19. The maximum Gasteiger partial charge on any atom is 0.281 e. The van der Waals surface area contributed by atoms with Crippen molar-refractivity contribution >= 4 is 28.3 Å². The SMILES string of the molecule is Cn1ncc2c(=O)n(Cc3ccc(Cl)c(N)c3)nnc21. The molecule has 0 radical (unpaired) electrons. The van der Waals surface area contributed by atoms with Crippen LogP contribution in [-0.4, -0.2) is 24.8 Å². The Bertz CT molecular complexity index is 853. The molecule has 3 aromatic rings. The van der Waals surface area contributed by atoms with E-state index >= 15 is 0 Å². The van der Waals surface area contributed by atoms with Crippen LogP contribution in [0.2, 0.25) is 5.02 Å². The topological polar surface area (TPSA) is 91.6 Å². The fraction of sp³-hybridized carbons (Fsp3) is 0.167. The molecule has 0 spiro atoms. The number of nitrogens with zero attached hydrogens (tertiary/aromatic N) is 5. The summed E-state index contributed by atoms with van der Waals surface area (Å²) in [6.07, 6.45) is 1.49. The minimum Gasteiger partial charge on any atom is -0.398 e. The van der Waals surface area contributed by atoms with E-state index in [0.29, 0.717) is 21.7 Å². The number of hydrogen-bond donors (Lipinski definition) is 1. The van der Waals surface area contributed by atoms with Crippen LogP contribution in [0.15, 0.2) is 29.2 Å². The second-order valence-electron chi connectivity index (χ2n) is 4.41. The standard InChI is InChI=1S/C12H11ClN6O/c1-18-11-8(5-15-18)12(20)19(17-16-11)6-7-2-3-9(13)10(14)4-7/h2-5H,6,14H2,1H3. The molecule has 0 aliphatic carbocycles. The Balaban J connectivity index is 2.04. The van der Waals surface area contributed by atoms with Crippen molar-refractivity contribution in [2.45, 2.75) is 6.54 Å². The van der Waals surface area contributed by atoms with Crippen molar-refractivity contribution in [2.24, 2.45) is 7.05 Å². The maximum atomic E-state index is 12.2. The number of anilines is 1. The van der Waals surface area contributed by atoms with Crippen LogP contribution >= 0.6 is 11.6 Å². The third kappa shape index (κ3) is 2.01. The molecule has 1 aromatic carbocycles. The van der Waals surface area contributed by atoms with Crippen molar-refractivity contribution in [3.8, 4) is 0 Å². The second kappa shape index (κ2) is 4.61. The number of rotatable bonds is 2. The lowest BCUT2D eigenvalue weighted by Crippen LogP contribution is -2.24. The number of halogens is 1. The normalized spacial score (nSPS) is 11.1.